The normalized spacial score (nSPS) is 13.2. The monoisotopic (exact) mass is 338 g/mol. The molecule has 0 amide bonds. The van der Waals surface area contributed by atoms with E-state index in [0.717, 1.165) is 0 Å². The first-order valence-corrected chi connectivity index (χ1v) is 8.43. The van der Waals surface area contributed by atoms with Gasteiger partial charge in [-0.2, -0.15) is 9.82 Å². The van der Waals surface area contributed by atoms with Crippen molar-refractivity contribution in [1.29, 1.82) is 0 Å². The van der Waals surface area contributed by atoms with Crippen LogP contribution in [0.1, 0.15) is 19.5 Å². The SMILES string of the molecule is Cc1c(S(=O)(=O)NC(C(=O)O)C(C)C)cnn1-c1ccccn1. The highest BCUT2D eigenvalue weighted by atomic mass is 32.2. The lowest BCUT2D eigenvalue weighted by Gasteiger charge is -2.17. The molecule has 2 heterocycles. The van der Waals surface area contributed by atoms with E-state index in [0.29, 0.717) is 11.5 Å². The molecule has 0 aliphatic rings. The van der Waals surface area contributed by atoms with Gasteiger partial charge < -0.3 is 5.11 Å². The molecule has 0 saturated carbocycles. The maximum absolute atomic E-state index is 12.5. The summed E-state index contributed by atoms with van der Waals surface area (Å²) < 4.78 is 28.5. The van der Waals surface area contributed by atoms with Gasteiger partial charge in [-0.05, 0) is 25.0 Å². The van der Waals surface area contributed by atoms with Crippen LogP contribution in [0.2, 0.25) is 0 Å². The third kappa shape index (κ3) is 3.57. The molecule has 0 fully saturated rings. The lowest BCUT2D eigenvalue weighted by molar-refractivity contribution is -0.140. The number of carboxylic acid groups (broad SMARTS) is 1. The van der Waals surface area contributed by atoms with Crippen molar-refractivity contribution in [2.24, 2.45) is 5.92 Å². The van der Waals surface area contributed by atoms with Gasteiger partial charge in [0, 0.05) is 6.20 Å². The standard InChI is InChI=1S/C14H18N4O4S/c1-9(2)13(14(19)20)17-23(21,22)11-8-16-18(10(11)3)12-6-4-5-7-15-12/h4-9,13,17H,1-3H3,(H,19,20). The number of hydrogen-bond donors (Lipinski definition) is 2. The summed E-state index contributed by atoms with van der Waals surface area (Å²) >= 11 is 0. The summed E-state index contributed by atoms with van der Waals surface area (Å²) in [5.74, 6) is -1.14. The first-order chi connectivity index (χ1) is 10.7. The Balaban J connectivity index is 2.39. The minimum atomic E-state index is -4.01. The fourth-order valence-electron chi connectivity index (χ4n) is 2.07. The van der Waals surface area contributed by atoms with Crippen LogP contribution in [0.5, 0.6) is 0 Å². The van der Waals surface area contributed by atoms with Crippen LogP contribution in [0.3, 0.4) is 0 Å². The smallest absolute Gasteiger partial charge is 0.322 e. The first-order valence-electron chi connectivity index (χ1n) is 6.95. The number of rotatable bonds is 6. The van der Waals surface area contributed by atoms with Gasteiger partial charge in [-0.15, -0.1) is 0 Å². The average Bonchev–Trinajstić information content (AvgIpc) is 2.88. The van der Waals surface area contributed by atoms with Gasteiger partial charge in [-0.25, -0.2) is 18.1 Å². The van der Waals surface area contributed by atoms with Gasteiger partial charge in [0.25, 0.3) is 0 Å². The second-order valence-electron chi connectivity index (χ2n) is 5.38. The lowest BCUT2D eigenvalue weighted by atomic mass is 10.1. The lowest BCUT2D eigenvalue weighted by Crippen LogP contribution is -2.44. The molecular weight excluding hydrogens is 320 g/mol. The summed E-state index contributed by atoms with van der Waals surface area (Å²) in [5, 5.41) is 13.2. The number of aliphatic carboxylic acids is 1. The van der Waals surface area contributed by atoms with Crippen LogP contribution < -0.4 is 4.72 Å². The molecule has 0 aromatic carbocycles. The highest BCUT2D eigenvalue weighted by molar-refractivity contribution is 7.89. The van der Waals surface area contributed by atoms with Crippen LogP contribution in [-0.4, -0.2) is 40.3 Å². The van der Waals surface area contributed by atoms with Crippen LogP contribution >= 0.6 is 0 Å². The summed E-state index contributed by atoms with van der Waals surface area (Å²) in [6.07, 6.45) is 2.76. The van der Waals surface area contributed by atoms with E-state index in [9.17, 15) is 13.2 Å². The van der Waals surface area contributed by atoms with Crippen molar-refractivity contribution >= 4 is 16.0 Å². The maximum atomic E-state index is 12.5. The Morgan fingerprint density at radius 2 is 2.04 bits per heavy atom. The number of aromatic nitrogens is 3. The van der Waals surface area contributed by atoms with E-state index in [1.165, 1.54) is 10.9 Å². The van der Waals surface area contributed by atoms with Gasteiger partial charge in [0.1, 0.15) is 10.9 Å². The van der Waals surface area contributed by atoms with E-state index in [-0.39, 0.29) is 4.90 Å². The predicted octanol–water partition coefficient (Wildman–Crippen LogP) is 0.963. The molecule has 23 heavy (non-hydrogen) atoms. The highest BCUT2D eigenvalue weighted by Crippen LogP contribution is 2.18. The topological polar surface area (TPSA) is 114 Å². The number of nitrogens with zero attached hydrogens (tertiary/aromatic N) is 3. The molecule has 2 N–H and O–H groups in total. The second kappa shape index (κ2) is 6.47. The summed E-state index contributed by atoms with van der Waals surface area (Å²) in [6.45, 7) is 4.85. The predicted molar refractivity (Wildman–Crippen MR) is 82.7 cm³/mol. The molecular formula is C14H18N4O4S. The van der Waals surface area contributed by atoms with Gasteiger partial charge in [0.15, 0.2) is 5.82 Å². The van der Waals surface area contributed by atoms with E-state index < -0.39 is 28.0 Å². The number of carboxylic acids is 1. The molecule has 2 aromatic heterocycles. The Labute approximate surface area is 134 Å². The molecule has 0 aliphatic heterocycles. The highest BCUT2D eigenvalue weighted by Gasteiger charge is 2.30. The van der Waals surface area contributed by atoms with Crippen molar-refractivity contribution < 1.29 is 18.3 Å². The number of hydrogen-bond acceptors (Lipinski definition) is 5. The zero-order valence-electron chi connectivity index (χ0n) is 13.0. The molecule has 1 atom stereocenters. The van der Waals surface area contributed by atoms with Crippen LogP contribution in [0.4, 0.5) is 0 Å². The first kappa shape index (κ1) is 17.1. The quantitative estimate of drug-likeness (QED) is 0.811. The molecule has 8 nitrogen and oxygen atoms in total. The largest absolute Gasteiger partial charge is 0.480 e. The Kier molecular flexibility index (Phi) is 4.81. The summed E-state index contributed by atoms with van der Waals surface area (Å²) in [5.41, 5.74) is 0.351. The van der Waals surface area contributed by atoms with Gasteiger partial charge in [-0.1, -0.05) is 19.9 Å². The molecule has 0 radical (unpaired) electrons. The van der Waals surface area contributed by atoms with E-state index in [4.69, 9.17) is 5.11 Å². The summed E-state index contributed by atoms with van der Waals surface area (Å²) in [4.78, 5) is 15.2. The van der Waals surface area contributed by atoms with Crippen LogP contribution in [-0.2, 0) is 14.8 Å². The van der Waals surface area contributed by atoms with E-state index in [1.54, 1.807) is 45.2 Å². The van der Waals surface area contributed by atoms with Crippen LogP contribution in [0, 0.1) is 12.8 Å². The van der Waals surface area contributed by atoms with Gasteiger partial charge in [0.2, 0.25) is 10.0 Å². The fraction of sp³-hybridized carbons (Fsp3) is 0.357. The van der Waals surface area contributed by atoms with Gasteiger partial charge in [0.05, 0.1) is 11.9 Å². The third-order valence-electron chi connectivity index (χ3n) is 3.34. The van der Waals surface area contributed by atoms with E-state index in [2.05, 4.69) is 14.8 Å². The van der Waals surface area contributed by atoms with Crippen molar-refractivity contribution in [1.82, 2.24) is 19.5 Å². The maximum Gasteiger partial charge on any atom is 0.322 e. The summed E-state index contributed by atoms with van der Waals surface area (Å²) in [6, 6.07) is 3.98. The van der Waals surface area contributed by atoms with Crippen molar-refractivity contribution in [2.75, 3.05) is 0 Å². The van der Waals surface area contributed by atoms with E-state index >= 15 is 0 Å². The molecule has 2 rings (SSSR count). The Morgan fingerprint density at radius 1 is 1.35 bits per heavy atom. The second-order valence-corrected chi connectivity index (χ2v) is 7.06. The number of carbonyl (C=O) groups is 1. The van der Waals surface area contributed by atoms with Crippen molar-refractivity contribution in [3.8, 4) is 5.82 Å². The number of nitrogens with one attached hydrogen (secondary N) is 1. The molecule has 2 aromatic rings. The number of sulfonamides is 1. The average molecular weight is 338 g/mol. The van der Waals surface area contributed by atoms with Crippen molar-refractivity contribution in [3.05, 3.63) is 36.3 Å². The van der Waals surface area contributed by atoms with Crippen molar-refractivity contribution in [3.63, 3.8) is 0 Å². The molecule has 0 aliphatic carbocycles. The van der Waals surface area contributed by atoms with Crippen LogP contribution in [0.15, 0.2) is 35.5 Å². The van der Waals surface area contributed by atoms with Gasteiger partial charge in [-0.3, -0.25) is 4.79 Å². The van der Waals surface area contributed by atoms with Crippen molar-refractivity contribution in [2.45, 2.75) is 31.7 Å². The minimum absolute atomic E-state index is 0.0740. The van der Waals surface area contributed by atoms with Gasteiger partial charge >= 0.3 is 5.97 Å². The molecule has 0 saturated heterocycles. The molecule has 9 heteroatoms. The molecule has 0 spiro atoms. The van der Waals surface area contributed by atoms with E-state index in [1.807, 2.05) is 0 Å². The van der Waals surface area contributed by atoms with Crippen LogP contribution in [0.25, 0.3) is 5.82 Å². The fourth-order valence-corrected chi connectivity index (χ4v) is 3.57. The Morgan fingerprint density at radius 3 is 2.57 bits per heavy atom. The minimum Gasteiger partial charge on any atom is -0.480 e. The summed E-state index contributed by atoms with van der Waals surface area (Å²) in [7, 11) is -4.01. The zero-order chi connectivity index (χ0) is 17.2. The Bertz CT molecular complexity index is 799. The zero-order valence-corrected chi connectivity index (χ0v) is 13.8. The molecule has 124 valence electrons. The molecule has 1 unspecified atom stereocenters. The third-order valence-corrected chi connectivity index (χ3v) is 4.88. The number of pyridine rings is 1. The Hall–Kier alpha value is -2.26. The molecule has 0 bridgehead atoms.